The molecular weight excluding hydrogens is 480 g/mol. The van der Waals surface area contributed by atoms with Gasteiger partial charge in [-0.05, 0) is 73.5 Å². The molecule has 0 spiro atoms. The number of carboxylic acids is 1. The number of ether oxygens (including phenoxy) is 1. The molecule has 1 aliphatic rings. The summed E-state index contributed by atoms with van der Waals surface area (Å²) < 4.78 is 5.44. The van der Waals surface area contributed by atoms with Gasteiger partial charge in [0.25, 0.3) is 5.91 Å². The third-order valence-corrected chi connectivity index (χ3v) is 6.47. The van der Waals surface area contributed by atoms with Crippen molar-refractivity contribution in [1.82, 2.24) is 0 Å². The van der Waals surface area contributed by atoms with Gasteiger partial charge in [0.2, 0.25) is 5.91 Å². The summed E-state index contributed by atoms with van der Waals surface area (Å²) in [7, 11) is 0. The molecule has 0 radical (unpaired) electrons. The minimum atomic E-state index is -0.933. The number of carbonyl (C=O) groups is 3. The Kier molecular flexibility index (Phi) is 7.60. The van der Waals surface area contributed by atoms with Crippen LogP contribution in [0, 0.1) is 0 Å². The van der Waals surface area contributed by atoms with E-state index in [0.717, 1.165) is 16.9 Å². The summed E-state index contributed by atoms with van der Waals surface area (Å²) >= 11 is 6.07. The number of carbonyl (C=O) groups excluding carboxylic acids is 2. The second-order valence-electron chi connectivity index (χ2n) is 8.72. The van der Waals surface area contributed by atoms with Gasteiger partial charge in [0, 0.05) is 34.9 Å². The topological polar surface area (TPSA) is 87.2 Å². The highest BCUT2D eigenvalue weighted by Crippen LogP contribution is 2.42. The molecule has 1 heterocycles. The second-order valence-corrected chi connectivity index (χ2v) is 9.15. The molecular formula is C28H27ClN2O5. The monoisotopic (exact) mass is 506 g/mol. The molecule has 0 saturated heterocycles. The van der Waals surface area contributed by atoms with E-state index in [0.29, 0.717) is 22.8 Å². The van der Waals surface area contributed by atoms with Crippen molar-refractivity contribution >= 4 is 40.8 Å². The number of benzene rings is 3. The maximum atomic E-state index is 13.6. The molecule has 3 aromatic carbocycles. The summed E-state index contributed by atoms with van der Waals surface area (Å²) in [5.74, 6) is -0.689. The summed E-state index contributed by atoms with van der Waals surface area (Å²) in [6.45, 7) is 3.57. The zero-order chi connectivity index (χ0) is 25.8. The van der Waals surface area contributed by atoms with E-state index in [1.54, 1.807) is 53.1 Å². The normalized spacial score (nSPS) is 16.7. The number of aliphatic carboxylic acids is 1. The van der Waals surface area contributed by atoms with Crippen molar-refractivity contribution < 1.29 is 24.2 Å². The number of rotatable bonds is 7. The standard InChI is InChI=1S/C28H27ClN2O5/c1-18-17-26(31(19(2)32)22-11-9-21(29)10-12-22)24-5-3-4-6-25(24)30(18)28(35)20-7-13-23(14-8-20)36-16-15-27(33)34/h3-14,18,26H,15-17H2,1-2H3,(H,33,34)/t18-,26+/m0/s1. The average molecular weight is 507 g/mol. The highest BCUT2D eigenvalue weighted by atomic mass is 35.5. The Morgan fingerprint density at radius 2 is 1.69 bits per heavy atom. The van der Waals surface area contributed by atoms with Crippen LogP contribution in [0.5, 0.6) is 5.75 Å². The third kappa shape index (κ3) is 5.36. The van der Waals surface area contributed by atoms with Gasteiger partial charge in [-0.25, -0.2) is 0 Å². The van der Waals surface area contributed by atoms with Crippen LogP contribution in [0.4, 0.5) is 11.4 Å². The second kappa shape index (κ2) is 10.8. The van der Waals surface area contributed by atoms with Gasteiger partial charge < -0.3 is 19.6 Å². The van der Waals surface area contributed by atoms with Crippen molar-refractivity contribution in [2.45, 2.75) is 38.8 Å². The van der Waals surface area contributed by atoms with Gasteiger partial charge in [-0.2, -0.15) is 0 Å². The SMILES string of the molecule is CC(=O)N(c1ccc(Cl)cc1)[C@@H]1C[C@H](C)N(C(=O)c2ccc(OCCC(=O)O)cc2)c2ccccc21. The van der Waals surface area contributed by atoms with Gasteiger partial charge in [-0.1, -0.05) is 29.8 Å². The van der Waals surface area contributed by atoms with Crippen LogP contribution in [0.15, 0.2) is 72.8 Å². The van der Waals surface area contributed by atoms with Crippen LogP contribution < -0.4 is 14.5 Å². The molecule has 7 nitrogen and oxygen atoms in total. The van der Waals surface area contributed by atoms with Crippen LogP contribution in [-0.4, -0.2) is 35.5 Å². The van der Waals surface area contributed by atoms with Crippen LogP contribution in [-0.2, 0) is 9.59 Å². The van der Waals surface area contributed by atoms with Gasteiger partial charge in [-0.3, -0.25) is 14.4 Å². The van der Waals surface area contributed by atoms with E-state index >= 15 is 0 Å². The molecule has 8 heteroatoms. The number of hydrogen-bond acceptors (Lipinski definition) is 4. The molecule has 186 valence electrons. The Bertz CT molecular complexity index is 1260. The molecule has 2 amide bonds. The van der Waals surface area contributed by atoms with E-state index in [1.807, 2.05) is 43.3 Å². The Hall–Kier alpha value is -3.84. The van der Waals surface area contributed by atoms with E-state index in [4.69, 9.17) is 21.4 Å². The van der Waals surface area contributed by atoms with Crippen LogP contribution in [0.3, 0.4) is 0 Å². The van der Waals surface area contributed by atoms with Crippen LogP contribution in [0.25, 0.3) is 0 Å². The minimum Gasteiger partial charge on any atom is -0.493 e. The zero-order valence-electron chi connectivity index (χ0n) is 20.1. The quantitative estimate of drug-likeness (QED) is 0.442. The summed E-state index contributed by atoms with van der Waals surface area (Å²) in [6, 6.07) is 21.1. The molecule has 4 rings (SSSR count). The summed E-state index contributed by atoms with van der Waals surface area (Å²) in [6.07, 6.45) is 0.457. The largest absolute Gasteiger partial charge is 0.493 e. The number of nitrogens with zero attached hydrogens (tertiary/aromatic N) is 2. The van der Waals surface area contributed by atoms with Crippen LogP contribution in [0.1, 0.15) is 48.7 Å². The number of amides is 2. The van der Waals surface area contributed by atoms with Crippen LogP contribution in [0.2, 0.25) is 5.02 Å². The minimum absolute atomic E-state index is 0.0564. The van der Waals surface area contributed by atoms with E-state index in [1.165, 1.54) is 0 Å². The Morgan fingerprint density at radius 1 is 1.03 bits per heavy atom. The Labute approximate surface area is 214 Å². The van der Waals surface area contributed by atoms with Gasteiger partial charge in [-0.15, -0.1) is 0 Å². The van der Waals surface area contributed by atoms with Crippen molar-refractivity contribution in [2.24, 2.45) is 0 Å². The lowest BCUT2D eigenvalue weighted by Crippen LogP contribution is -2.47. The van der Waals surface area contributed by atoms with Crippen molar-refractivity contribution in [3.63, 3.8) is 0 Å². The summed E-state index contributed by atoms with van der Waals surface area (Å²) in [4.78, 5) is 40.6. The first-order valence-corrected chi connectivity index (χ1v) is 12.1. The molecule has 1 N–H and O–H groups in total. The maximum absolute atomic E-state index is 13.6. The molecule has 1 aliphatic heterocycles. The Morgan fingerprint density at radius 3 is 2.33 bits per heavy atom. The maximum Gasteiger partial charge on any atom is 0.306 e. The predicted molar refractivity (Wildman–Crippen MR) is 139 cm³/mol. The lowest BCUT2D eigenvalue weighted by Gasteiger charge is -2.43. The van der Waals surface area contributed by atoms with E-state index < -0.39 is 5.97 Å². The van der Waals surface area contributed by atoms with Crippen molar-refractivity contribution in [3.8, 4) is 5.75 Å². The zero-order valence-corrected chi connectivity index (χ0v) is 20.8. The number of carboxylic acid groups (broad SMARTS) is 1. The highest BCUT2D eigenvalue weighted by molar-refractivity contribution is 6.30. The van der Waals surface area contributed by atoms with Gasteiger partial charge in [0.15, 0.2) is 0 Å². The first-order chi connectivity index (χ1) is 17.3. The molecule has 0 saturated carbocycles. The molecule has 0 aromatic heterocycles. The highest BCUT2D eigenvalue weighted by Gasteiger charge is 2.38. The third-order valence-electron chi connectivity index (χ3n) is 6.22. The predicted octanol–water partition coefficient (Wildman–Crippen LogP) is 5.73. The number of para-hydroxylation sites is 1. The molecule has 2 atom stereocenters. The van der Waals surface area contributed by atoms with Gasteiger partial charge >= 0.3 is 5.97 Å². The van der Waals surface area contributed by atoms with Gasteiger partial charge in [0.1, 0.15) is 5.75 Å². The van der Waals surface area contributed by atoms with Crippen molar-refractivity contribution in [2.75, 3.05) is 16.4 Å². The molecule has 3 aromatic rings. The average Bonchev–Trinajstić information content (AvgIpc) is 2.85. The van der Waals surface area contributed by atoms with E-state index in [-0.39, 0.29) is 36.9 Å². The smallest absolute Gasteiger partial charge is 0.306 e. The fourth-order valence-corrected chi connectivity index (χ4v) is 4.73. The van der Waals surface area contributed by atoms with Gasteiger partial charge in [0.05, 0.1) is 19.1 Å². The number of hydrogen-bond donors (Lipinski definition) is 1. The van der Waals surface area contributed by atoms with Crippen molar-refractivity contribution in [1.29, 1.82) is 0 Å². The molecule has 0 unspecified atom stereocenters. The number of anilines is 2. The Balaban J connectivity index is 1.63. The molecule has 0 fully saturated rings. The van der Waals surface area contributed by atoms with E-state index in [9.17, 15) is 14.4 Å². The fraction of sp³-hybridized carbons (Fsp3) is 0.250. The number of halogens is 1. The fourth-order valence-electron chi connectivity index (χ4n) is 4.61. The van der Waals surface area contributed by atoms with Crippen LogP contribution >= 0.6 is 11.6 Å². The lowest BCUT2D eigenvalue weighted by atomic mass is 9.89. The van der Waals surface area contributed by atoms with Crippen molar-refractivity contribution in [3.05, 3.63) is 88.9 Å². The molecule has 0 bridgehead atoms. The molecule has 36 heavy (non-hydrogen) atoms. The first-order valence-electron chi connectivity index (χ1n) is 11.7. The number of fused-ring (bicyclic) bond motifs is 1. The summed E-state index contributed by atoms with van der Waals surface area (Å²) in [5.41, 5.74) is 2.88. The summed E-state index contributed by atoms with van der Waals surface area (Å²) in [5, 5.41) is 9.35. The van der Waals surface area contributed by atoms with E-state index in [2.05, 4.69) is 0 Å². The lowest BCUT2D eigenvalue weighted by molar-refractivity contribution is -0.137. The molecule has 0 aliphatic carbocycles. The first kappa shape index (κ1) is 25.3.